The third-order valence-corrected chi connectivity index (χ3v) is 5.00. The zero-order valence-electron chi connectivity index (χ0n) is 20.5. The van der Waals surface area contributed by atoms with Crippen molar-refractivity contribution in [2.24, 2.45) is 0 Å². The van der Waals surface area contributed by atoms with Gasteiger partial charge in [0.05, 0.1) is 44.5 Å². The molecule has 0 N–H and O–H groups in total. The van der Waals surface area contributed by atoms with Gasteiger partial charge in [0.2, 0.25) is 5.78 Å². The lowest BCUT2D eigenvalue weighted by atomic mass is 10.0. The Balaban J connectivity index is 2.11. The van der Waals surface area contributed by atoms with Gasteiger partial charge in [0.15, 0.2) is 22.9 Å². The topological polar surface area (TPSA) is 145 Å². The van der Waals surface area contributed by atoms with Gasteiger partial charge >= 0.3 is 5.97 Å². The minimum atomic E-state index is -0.889. The summed E-state index contributed by atoms with van der Waals surface area (Å²) in [6, 6.07) is 9.30. The van der Waals surface area contributed by atoms with Crippen molar-refractivity contribution in [2.75, 3.05) is 20.8 Å². The number of hydrogen-bond acceptors (Lipinski definition) is 10. The molecule has 3 aromatic rings. The van der Waals surface area contributed by atoms with Gasteiger partial charge in [-0.1, -0.05) is 17.3 Å². The van der Waals surface area contributed by atoms with E-state index in [-0.39, 0.29) is 47.7 Å². The summed E-state index contributed by atoms with van der Waals surface area (Å²) < 4.78 is 22.4. The number of hydrogen-bond donors (Lipinski definition) is 0. The smallest absolute Gasteiger partial charge is 0.359 e. The average Bonchev–Trinajstić information content (AvgIpc) is 3.27. The maximum Gasteiger partial charge on any atom is 0.359 e. The summed E-state index contributed by atoms with van der Waals surface area (Å²) in [7, 11) is 2.89. The van der Waals surface area contributed by atoms with E-state index in [4.69, 9.17) is 18.9 Å². The highest BCUT2D eigenvalue weighted by Gasteiger charge is 2.33. The Hall–Kier alpha value is -4.48. The van der Waals surface area contributed by atoms with Gasteiger partial charge in [-0.2, -0.15) is 0 Å². The van der Waals surface area contributed by atoms with Crippen molar-refractivity contribution in [1.29, 1.82) is 0 Å². The second-order valence-corrected chi connectivity index (χ2v) is 7.79. The summed E-state index contributed by atoms with van der Waals surface area (Å²) in [6.07, 6.45) is -0.298. The molecule has 0 amide bonds. The Kier molecular flexibility index (Phi) is 8.20. The normalized spacial score (nSPS) is 10.7. The zero-order chi connectivity index (χ0) is 26.4. The molecular formula is C24H26N4O8. The van der Waals surface area contributed by atoms with E-state index in [1.54, 1.807) is 52.1 Å². The third-order valence-electron chi connectivity index (χ3n) is 5.00. The number of methoxy groups -OCH3 is 2. The molecule has 1 aromatic heterocycles. The molecule has 0 radical (unpaired) electrons. The number of carbonyl (C=O) groups is 2. The number of nitro benzene ring substituents is 1. The molecule has 0 fully saturated rings. The van der Waals surface area contributed by atoms with Crippen LogP contribution in [0, 0.1) is 10.1 Å². The van der Waals surface area contributed by atoms with Gasteiger partial charge in [-0.05, 0) is 38.5 Å². The van der Waals surface area contributed by atoms with E-state index in [9.17, 15) is 19.7 Å². The van der Waals surface area contributed by atoms with Crippen LogP contribution in [-0.2, 0) is 11.3 Å². The summed E-state index contributed by atoms with van der Waals surface area (Å²) in [4.78, 5) is 37.4. The van der Waals surface area contributed by atoms with Gasteiger partial charge in [0, 0.05) is 6.07 Å². The fraction of sp³-hybridized carbons (Fsp3) is 0.333. The highest BCUT2D eigenvalue weighted by Crippen LogP contribution is 2.36. The van der Waals surface area contributed by atoms with Crippen LogP contribution in [-0.4, -0.2) is 58.6 Å². The van der Waals surface area contributed by atoms with Crippen LogP contribution in [0.2, 0.25) is 0 Å². The van der Waals surface area contributed by atoms with Crippen LogP contribution in [0.15, 0.2) is 36.4 Å². The van der Waals surface area contributed by atoms with E-state index in [0.717, 1.165) is 11.6 Å². The number of aromatic nitrogens is 3. The monoisotopic (exact) mass is 498 g/mol. The number of esters is 1. The number of ketones is 1. The van der Waals surface area contributed by atoms with Gasteiger partial charge in [0.25, 0.3) is 5.69 Å². The molecule has 0 saturated carbocycles. The Labute approximate surface area is 206 Å². The Morgan fingerprint density at radius 2 is 1.78 bits per heavy atom. The SMILES string of the molecule is CCOC(=O)c1c(C(=O)c2cc(OC)c(OC(C)C)cc2[N+](=O)[O-])nnn1Cc1ccc(OC)cc1. The van der Waals surface area contributed by atoms with Crippen LogP contribution in [0.5, 0.6) is 17.2 Å². The lowest BCUT2D eigenvalue weighted by Crippen LogP contribution is -2.18. The molecule has 2 aromatic carbocycles. The number of nitrogens with zero attached hydrogens (tertiary/aromatic N) is 4. The largest absolute Gasteiger partial charge is 0.497 e. The number of carbonyl (C=O) groups excluding carboxylic acids is 2. The van der Waals surface area contributed by atoms with Crippen molar-refractivity contribution in [2.45, 2.75) is 33.4 Å². The first-order valence-corrected chi connectivity index (χ1v) is 11.0. The van der Waals surface area contributed by atoms with Crippen LogP contribution in [0.4, 0.5) is 5.69 Å². The molecule has 0 bridgehead atoms. The molecule has 1 heterocycles. The standard InChI is InChI=1S/C24H26N4O8/c1-6-35-24(30)22-21(25-26-27(22)13-15-7-9-16(33-4)10-8-15)23(29)17-11-19(34-5)20(36-14(2)3)12-18(17)28(31)32/h7-12,14H,6,13H2,1-5H3. The molecule has 0 atom stereocenters. The first kappa shape index (κ1) is 26.1. The second-order valence-electron chi connectivity index (χ2n) is 7.79. The van der Waals surface area contributed by atoms with Gasteiger partial charge in [0.1, 0.15) is 11.3 Å². The van der Waals surface area contributed by atoms with Crippen molar-refractivity contribution < 1.29 is 33.5 Å². The maximum absolute atomic E-state index is 13.5. The molecule has 0 aliphatic rings. The molecule has 0 unspecified atom stereocenters. The molecule has 0 aliphatic carbocycles. The van der Waals surface area contributed by atoms with E-state index < -0.39 is 22.4 Å². The molecular weight excluding hydrogens is 472 g/mol. The molecule has 0 saturated heterocycles. The zero-order valence-corrected chi connectivity index (χ0v) is 20.5. The predicted octanol–water partition coefficient (Wildman–Crippen LogP) is 3.45. The fourth-order valence-electron chi connectivity index (χ4n) is 3.40. The average molecular weight is 498 g/mol. The molecule has 12 heteroatoms. The Morgan fingerprint density at radius 3 is 2.33 bits per heavy atom. The Morgan fingerprint density at radius 1 is 1.08 bits per heavy atom. The van der Waals surface area contributed by atoms with Crippen LogP contribution in [0.25, 0.3) is 0 Å². The van der Waals surface area contributed by atoms with Crippen LogP contribution >= 0.6 is 0 Å². The summed E-state index contributed by atoms with van der Waals surface area (Å²) in [5.41, 5.74) is -0.739. The van der Waals surface area contributed by atoms with E-state index >= 15 is 0 Å². The van der Waals surface area contributed by atoms with Crippen LogP contribution < -0.4 is 14.2 Å². The highest BCUT2D eigenvalue weighted by atomic mass is 16.6. The van der Waals surface area contributed by atoms with E-state index in [2.05, 4.69) is 10.3 Å². The van der Waals surface area contributed by atoms with Crippen molar-refractivity contribution in [3.8, 4) is 17.2 Å². The molecule has 0 spiro atoms. The van der Waals surface area contributed by atoms with Crippen molar-refractivity contribution in [3.05, 3.63) is 69.0 Å². The minimum absolute atomic E-state index is 0.0371. The quantitative estimate of drug-likeness (QED) is 0.167. The lowest BCUT2D eigenvalue weighted by molar-refractivity contribution is -0.385. The molecule has 36 heavy (non-hydrogen) atoms. The molecule has 190 valence electrons. The summed E-state index contributed by atoms with van der Waals surface area (Å²) in [5, 5.41) is 19.7. The molecule has 0 aliphatic heterocycles. The first-order chi connectivity index (χ1) is 17.2. The van der Waals surface area contributed by atoms with Gasteiger partial charge in [-0.15, -0.1) is 5.10 Å². The second kappa shape index (κ2) is 11.3. The van der Waals surface area contributed by atoms with Gasteiger partial charge in [-0.25, -0.2) is 9.48 Å². The van der Waals surface area contributed by atoms with E-state index in [1.165, 1.54) is 17.9 Å². The maximum atomic E-state index is 13.5. The summed E-state index contributed by atoms with van der Waals surface area (Å²) in [6.45, 7) is 5.23. The number of rotatable bonds is 11. The van der Waals surface area contributed by atoms with Gasteiger partial charge in [-0.3, -0.25) is 14.9 Å². The Bertz CT molecular complexity index is 1270. The number of ether oxygens (including phenoxy) is 4. The van der Waals surface area contributed by atoms with E-state index in [1.807, 2.05) is 0 Å². The number of benzene rings is 2. The van der Waals surface area contributed by atoms with Crippen LogP contribution in [0.1, 0.15) is 52.9 Å². The predicted molar refractivity (Wildman–Crippen MR) is 127 cm³/mol. The summed E-state index contributed by atoms with van der Waals surface area (Å²) >= 11 is 0. The minimum Gasteiger partial charge on any atom is -0.497 e. The third kappa shape index (κ3) is 5.59. The van der Waals surface area contributed by atoms with E-state index in [0.29, 0.717) is 5.75 Å². The summed E-state index contributed by atoms with van der Waals surface area (Å²) in [5.74, 6) is -0.871. The van der Waals surface area contributed by atoms with Crippen molar-refractivity contribution in [1.82, 2.24) is 15.0 Å². The van der Waals surface area contributed by atoms with Crippen molar-refractivity contribution >= 4 is 17.4 Å². The van der Waals surface area contributed by atoms with Crippen LogP contribution in [0.3, 0.4) is 0 Å². The lowest BCUT2D eigenvalue weighted by Gasteiger charge is -2.14. The molecule has 3 rings (SSSR count). The van der Waals surface area contributed by atoms with Gasteiger partial charge < -0.3 is 18.9 Å². The fourth-order valence-corrected chi connectivity index (χ4v) is 3.40. The molecule has 12 nitrogen and oxygen atoms in total. The first-order valence-electron chi connectivity index (χ1n) is 11.0. The van der Waals surface area contributed by atoms with Crippen molar-refractivity contribution in [3.63, 3.8) is 0 Å². The number of nitro groups is 1. The highest BCUT2D eigenvalue weighted by molar-refractivity contribution is 6.14.